The Labute approximate surface area is 142 Å². The van der Waals surface area contributed by atoms with Crippen LogP contribution in [0.1, 0.15) is 18.3 Å². The number of rotatable bonds is 5. The molecule has 0 N–H and O–H groups in total. The minimum absolute atomic E-state index is 0.00244. The fraction of sp³-hybridized carbons (Fsp3) is 0.389. The summed E-state index contributed by atoms with van der Waals surface area (Å²) in [4.78, 5) is 31.9. The van der Waals surface area contributed by atoms with E-state index in [1.807, 2.05) is 17.0 Å². The largest absolute Gasteiger partial charge is 0.463 e. The van der Waals surface area contributed by atoms with Crippen LogP contribution < -0.4 is 0 Å². The van der Waals surface area contributed by atoms with Gasteiger partial charge in [-0.3, -0.25) is 4.79 Å². The molecule has 128 valence electrons. The van der Waals surface area contributed by atoms with Crippen LogP contribution in [0.5, 0.6) is 0 Å². The van der Waals surface area contributed by atoms with E-state index in [1.54, 1.807) is 31.2 Å². The monoisotopic (exact) mass is 329 g/mol. The number of likely N-dealkylation sites (N-methyl/N-ethyl adjacent to an activating group) is 1. The zero-order chi connectivity index (χ0) is 17.4. The predicted molar refractivity (Wildman–Crippen MR) is 93.0 cm³/mol. The number of nitrogens with zero attached hydrogens (tertiary/aromatic N) is 3. The molecule has 6 nitrogen and oxygen atoms in total. The highest BCUT2D eigenvalue weighted by Crippen LogP contribution is 2.06. The predicted octanol–water partition coefficient (Wildman–Crippen LogP) is 1.45. The van der Waals surface area contributed by atoms with Crippen LogP contribution in [-0.2, 0) is 14.3 Å². The average Bonchev–Trinajstić information content (AvgIpc) is 2.59. The molecule has 1 aromatic rings. The van der Waals surface area contributed by atoms with Gasteiger partial charge in [-0.2, -0.15) is 0 Å². The van der Waals surface area contributed by atoms with E-state index in [1.165, 1.54) is 6.08 Å². The van der Waals surface area contributed by atoms with Crippen LogP contribution >= 0.6 is 0 Å². The van der Waals surface area contributed by atoms with Gasteiger partial charge in [0.25, 0.3) is 0 Å². The molecule has 0 unspecified atom stereocenters. The molecule has 0 atom stereocenters. The fourth-order valence-electron chi connectivity index (χ4n) is 2.29. The van der Waals surface area contributed by atoms with Crippen LogP contribution in [-0.4, -0.2) is 66.5 Å². The first-order valence-electron chi connectivity index (χ1n) is 8.06. The highest BCUT2D eigenvalue weighted by atomic mass is 16.5. The molecule has 6 heteroatoms. The summed E-state index contributed by atoms with van der Waals surface area (Å²) in [6, 6.07) is 5.43. The Morgan fingerprint density at radius 1 is 1.12 bits per heavy atom. The minimum Gasteiger partial charge on any atom is -0.463 e. The first-order chi connectivity index (χ1) is 11.6. The minimum atomic E-state index is -0.398. The molecular weight excluding hydrogens is 306 g/mol. The summed E-state index contributed by atoms with van der Waals surface area (Å²) in [5.41, 5.74) is 1.31. The molecule has 24 heavy (non-hydrogen) atoms. The summed E-state index contributed by atoms with van der Waals surface area (Å²) in [5.74, 6) is -0.400. The number of esters is 1. The number of ether oxygens (including phenoxy) is 1. The van der Waals surface area contributed by atoms with Crippen LogP contribution in [0, 0.1) is 0 Å². The molecule has 0 bridgehead atoms. The first-order valence-corrected chi connectivity index (χ1v) is 8.06. The van der Waals surface area contributed by atoms with Crippen molar-refractivity contribution >= 4 is 24.0 Å². The standard InChI is InChI=1S/C18H23N3O3/c1-3-24-18(23)10-8-16-6-4-5-15(19-16)7-9-17(22)21-13-11-20(2)12-14-21/h4-10H,3,11-14H2,1-2H3/b9-7+,10-8+. The molecule has 1 amide bonds. The van der Waals surface area contributed by atoms with E-state index in [2.05, 4.69) is 16.9 Å². The van der Waals surface area contributed by atoms with E-state index in [0.29, 0.717) is 18.0 Å². The van der Waals surface area contributed by atoms with E-state index in [4.69, 9.17) is 4.74 Å². The van der Waals surface area contributed by atoms with E-state index >= 15 is 0 Å². The molecule has 0 saturated carbocycles. The molecule has 2 rings (SSSR count). The number of hydrogen-bond donors (Lipinski definition) is 0. The van der Waals surface area contributed by atoms with Crippen LogP contribution in [0.4, 0.5) is 0 Å². The second-order valence-electron chi connectivity index (χ2n) is 5.53. The fourth-order valence-corrected chi connectivity index (χ4v) is 2.29. The van der Waals surface area contributed by atoms with E-state index in [0.717, 1.165) is 26.2 Å². The van der Waals surface area contributed by atoms with Crippen molar-refractivity contribution in [1.29, 1.82) is 0 Å². The Morgan fingerprint density at radius 2 is 1.75 bits per heavy atom. The van der Waals surface area contributed by atoms with Crippen molar-refractivity contribution in [1.82, 2.24) is 14.8 Å². The van der Waals surface area contributed by atoms with Crippen molar-refractivity contribution in [2.75, 3.05) is 39.8 Å². The first kappa shape index (κ1) is 17.9. The molecule has 0 aliphatic carbocycles. The lowest BCUT2D eigenvalue weighted by Crippen LogP contribution is -2.46. The van der Waals surface area contributed by atoms with Gasteiger partial charge in [0.2, 0.25) is 5.91 Å². The smallest absolute Gasteiger partial charge is 0.330 e. The maximum absolute atomic E-state index is 12.2. The van der Waals surface area contributed by atoms with Gasteiger partial charge < -0.3 is 14.5 Å². The lowest BCUT2D eigenvalue weighted by molar-refractivity contribution is -0.137. The van der Waals surface area contributed by atoms with Gasteiger partial charge in [-0.25, -0.2) is 9.78 Å². The highest BCUT2D eigenvalue weighted by Gasteiger charge is 2.16. The summed E-state index contributed by atoms with van der Waals surface area (Å²) in [6.45, 7) is 5.38. The summed E-state index contributed by atoms with van der Waals surface area (Å²) in [5, 5.41) is 0. The van der Waals surface area contributed by atoms with Crippen molar-refractivity contribution in [2.24, 2.45) is 0 Å². The Hall–Kier alpha value is -2.47. The lowest BCUT2D eigenvalue weighted by atomic mass is 10.2. The van der Waals surface area contributed by atoms with Crippen molar-refractivity contribution in [2.45, 2.75) is 6.92 Å². The van der Waals surface area contributed by atoms with Gasteiger partial charge >= 0.3 is 5.97 Å². The molecule has 1 saturated heterocycles. The third-order valence-electron chi connectivity index (χ3n) is 3.68. The van der Waals surface area contributed by atoms with Gasteiger partial charge in [-0.1, -0.05) is 6.07 Å². The highest BCUT2D eigenvalue weighted by molar-refractivity contribution is 5.91. The number of carbonyl (C=O) groups is 2. The number of piperazine rings is 1. The van der Waals surface area contributed by atoms with Crippen LogP contribution in [0.15, 0.2) is 30.4 Å². The van der Waals surface area contributed by atoms with Gasteiger partial charge in [-0.05, 0) is 38.3 Å². The van der Waals surface area contributed by atoms with Gasteiger partial charge in [0.1, 0.15) is 0 Å². The molecule has 1 aromatic heterocycles. The molecule has 0 spiro atoms. The zero-order valence-electron chi connectivity index (χ0n) is 14.1. The average molecular weight is 329 g/mol. The number of pyridine rings is 1. The third kappa shape index (κ3) is 5.62. The number of amides is 1. The molecule has 0 radical (unpaired) electrons. The molecular formula is C18H23N3O3. The molecule has 1 fully saturated rings. The molecule has 1 aliphatic rings. The zero-order valence-corrected chi connectivity index (χ0v) is 14.1. The number of aromatic nitrogens is 1. The lowest BCUT2D eigenvalue weighted by Gasteiger charge is -2.31. The topological polar surface area (TPSA) is 62.7 Å². The quantitative estimate of drug-likeness (QED) is 0.604. The molecule has 2 heterocycles. The SMILES string of the molecule is CCOC(=O)/C=C/c1cccc(/C=C/C(=O)N2CCN(C)CC2)n1. The van der Waals surface area contributed by atoms with Crippen molar-refractivity contribution in [3.05, 3.63) is 41.7 Å². The number of carbonyl (C=O) groups excluding carboxylic acids is 2. The summed E-state index contributed by atoms with van der Waals surface area (Å²) in [7, 11) is 2.05. The Balaban J connectivity index is 1.96. The van der Waals surface area contributed by atoms with Gasteiger partial charge in [0, 0.05) is 38.3 Å². The van der Waals surface area contributed by atoms with Gasteiger partial charge in [0.05, 0.1) is 18.0 Å². The summed E-state index contributed by atoms with van der Waals surface area (Å²) in [6.07, 6.45) is 6.18. The summed E-state index contributed by atoms with van der Waals surface area (Å²) < 4.78 is 4.83. The maximum Gasteiger partial charge on any atom is 0.330 e. The third-order valence-corrected chi connectivity index (χ3v) is 3.68. The maximum atomic E-state index is 12.2. The molecule has 1 aliphatic heterocycles. The van der Waals surface area contributed by atoms with E-state index in [9.17, 15) is 9.59 Å². The van der Waals surface area contributed by atoms with Crippen molar-refractivity contribution < 1.29 is 14.3 Å². The Bertz CT molecular complexity index is 632. The molecule has 0 aromatic carbocycles. The Morgan fingerprint density at radius 3 is 2.38 bits per heavy atom. The second kappa shape index (κ2) is 8.98. The van der Waals surface area contributed by atoms with Crippen LogP contribution in [0.25, 0.3) is 12.2 Å². The second-order valence-corrected chi connectivity index (χ2v) is 5.53. The Kier molecular flexibility index (Phi) is 6.69. The number of hydrogen-bond acceptors (Lipinski definition) is 5. The van der Waals surface area contributed by atoms with Crippen molar-refractivity contribution in [3.63, 3.8) is 0 Å². The van der Waals surface area contributed by atoms with Crippen LogP contribution in [0.2, 0.25) is 0 Å². The normalized spacial score (nSPS) is 16.0. The van der Waals surface area contributed by atoms with Gasteiger partial charge in [0.15, 0.2) is 0 Å². The van der Waals surface area contributed by atoms with Crippen LogP contribution in [0.3, 0.4) is 0 Å². The van der Waals surface area contributed by atoms with E-state index < -0.39 is 5.97 Å². The van der Waals surface area contributed by atoms with Crippen molar-refractivity contribution in [3.8, 4) is 0 Å². The van der Waals surface area contributed by atoms with E-state index in [-0.39, 0.29) is 5.91 Å². The van der Waals surface area contributed by atoms with Gasteiger partial charge in [-0.15, -0.1) is 0 Å². The summed E-state index contributed by atoms with van der Waals surface area (Å²) >= 11 is 0.